The lowest BCUT2D eigenvalue weighted by molar-refractivity contribution is 0.103. The number of nitrogens with one attached hydrogen (secondary N) is 1. The maximum atomic E-state index is 10.4. The van der Waals surface area contributed by atoms with Crippen LogP contribution in [0.5, 0.6) is 0 Å². The first-order valence-corrected chi connectivity index (χ1v) is 10.8. The highest BCUT2D eigenvalue weighted by atomic mass is 16.3. The van der Waals surface area contributed by atoms with Crippen LogP contribution in [0, 0.1) is 17.2 Å². The van der Waals surface area contributed by atoms with E-state index in [0.29, 0.717) is 12.1 Å². The highest BCUT2D eigenvalue weighted by Crippen LogP contribution is 2.38. The molecule has 0 aromatic carbocycles. The van der Waals surface area contributed by atoms with Gasteiger partial charge in [-0.15, -0.1) is 0 Å². The lowest BCUT2D eigenvalue weighted by Gasteiger charge is -2.40. The second kappa shape index (κ2) is 7.43. The summed E-state index contributed by atoms with van der Waals surface area (Å²) in [6.45, 7) is 3.90. The molecule has 152 valence electrons. The number of fused-ring (bicyclic) bond motifs is 3. The number of pyridine rings is 1. The van der Waals surface area contributed by atoms with Crippen molar-refractivity contribution < 1.29 is 5.11 Å². The summed E-state index contributed by atoms with van der Waals surface area (Å²) in [5.41, 5.74) is 2.81. The minimum atomic E-state index is -0.612. The molecule has 1 atom stereocenters. The van der Waals surface area contributed by atoms with E-state index in [1.54, 1.807) is 6.92 Å². The second-order valence-electron chi connectivity index (χ2n) is 8.65. The number of aromatic amines is 1. The van der Waals surface area contributed by atoms with Gasteiger partial charge in [-0.05, 0) is 64.6 Å². The Kier molecular flexibility index (Phi) is 4.76. The standard InChI is InChI=1S/C22H28N6O/c1-14(29)22-26-19-13-25-21-18(6-9-24-21)20(19)28(22)17-4-2-16(3-5-17)27-10-7-15(12-23)8-11-27/h6,9,13-17,29H,2-5,7-8,10-11H2,1H3,(H,24,25)/t14-,16-,17+/m1/s1. The average Bonchev–Trinajstić information content (AvgIpc) is 3.38. The van der Waals surface area contributed by atoms with Crippen molar-refractivity contribution in [2.24, 2.45) is 5.92 Å². The van der Waals surface area contributed by atoms with Crippen molar-refractivity contribution in [3.8, 4) is 6.07 Å². The van der Waals surface area contributed by atoms with Crippen LogP contribution in [-0.2, 0) is 0 Å². The van der Waals surface area contributed by atoms with Crippen LogP contribution in [0.2, 0.25) is 0 Å². The Morgan fingerprint density at radius 1 is 1.17 bits per heavy atom. The molecule has 2 fully saturated rings. The molecule has 0 bridgehead atoms. The zero-order chi connectivity index (χ0) is 20.0. The number of imidazole rings is 1. The third-order valence-electron chi connectivity index (χ3n) is 6.90. The van der Waals surface area contributed by atoms with Gasteiger partial charge in [-0.25, -0.2) is 9.97 Å². The third-order valence-corrected chi connectivity index (χ3v) is 6.90. The lowest BCUT2D eigenvalue weighted by atomic mass is 9.87. The number of nitriles is 1. The zero-order valence-corrected chi connectivity index (χ0v) is 16.9. The summed E-state index contributed by atoms with van der Waals surface area (Å²) in [5, 5.41) is 20.6. The Morgan fingerprint density at radius 2 is 1.90 bits per heavy atom. The molecule has 0 spiro atoms. The summed E-state index contributed by atoms with van der Waals surface area (Å²) >= 11 is 0. The number of aliphatic hydroxyl groups is 1. The van der Waals surface area contributed by atoms with E-state index in [4.69, 9.17) is 10.2 Å². The van der Waals surface area contributed by atoms with E-state index in [1.165, 1.54) is 0 Å². The van der Waals surface area contributed by atoms with Crippen LogP contribution in [0.4, 0.5) is 0 Å². The van der Waals surface area contributed by atoms with E-state index >= 15 is 0 Å². The summed E-state index contributed by atoms with van der Waals surface area (Å²) in [4.78, 5) is 15.0. The molecule has 7 heteroatoms. The molecule has 5 rings (SSSR count). The largest absolute Gasteiger partial charge is 0.385 e. The van der Waals surface area contributed by atoms with Crippen molar-refractivity contribution >= 4 is 22.1 Å². The fourth-order valence-corrected chi connectivity index (χ4v) is 5.35. The summed E-state index contributed by atoms with van der Waals surface area (Å²) in [7, 11) is 0. The first-order chi connectivity index (χ1) is 14.2. The molecule has 1 saturated carbocycles. The Bertz CT molecular complexity index is 1040. The topological polar surface area (TPSA) is 93.8 Å². The van der Waals surface area contributed by atoms with E-state index in [0.717, 1.165) is 79.5 Å². The summed E-state index contributed by atoms with van der Waals surface area (Å²) in [5.74, 6) is 0.986. The molecule has 7 nitrogen and oxygen atoms in total. The maximum absolute atomic E-state index is 10.4. The van der Waals surface area contributed by atoms with Crippen molar-refractivity contribution in [2.45, 2.75) is 63.6 Å². The SMILES string of the molecule is C[C@@H](O)c1nc2cnc3[nH]ccc3c2n1[C@H]1CC[C@@H](N2CCC(C#N)CC2)CC1. The van der Waals surface area contributed by atoms with Gasteiger partial charge in [-0.1, -0.05) is 0 Å². The molecule has 2 aliphatic rings. The second-order valence-corrected chi connectivity index (χ2v) is 8.65. The van der Waals surface area contributed by atoms with Gasteiger partial charge >= 0.3 is 0 Å². The van der Waals surface area contributed by atoms with Gasteiger partial charge < -0.3 is 19.6 Å². The number of aromatic nitrogens is 4. The lowest BCUT2D eigenvalue weighted by Crippen LogP contribution is -2.43. The van der Waals surface area contributed by atoms with Crippen molar-refractivity contribution in [2.75, 3.05) is 13.1 Å². The minimum absolute atomic E-state index is 0.242. The van der Waals surface area contributed by atoms with Crippen LogP contribution in [0.1, 0.15) is 63.4 Å². The van der Waals surface area contributed by atoms with Gasteiger partial charge in [0.1, 0.15) is 23.1 Å². The smallest absolute Gasteiger partial charge is 0.139 e. The van der Waals surface area contributed by atoms with Gasteiger partial charge in [-0.3, -0.25) is 0 Å². The first kappa shape index (κ1) is 18.6. The summed E-state index contributed by atoms with van der Waals surface area (Å²) in [6, 6.07) is 5.45. The number of hydrogen-bond acceptors (Lipinski definition) is 5. The predicted molar refractivity (Wildman–Crippen MR) is 111 cm³/mol. The molecule has 2 N–H and O–H groups in total. The van der Waals surface area contributed by atoms with E-state index in [2.05, 4.69) is 31.6 Å². The minimum Gasteiger partial charge on any atom is -0.385 e. The molecule has 0 amide bonds. The number of H-pyrrole nitrogens is 1. The van der Waals surface area contributed by atoms with Crippen LogP contribution in [-0.4, -0.2) is 48.7 Å². The molecule has 0 unspecified atom stereocenters. The van der Waals surface area contributed by atoms with Gasteiger partial charge in [0.25, 0.3) is 0 Å². The fourth-order valence-electron chi connectivity index (χ4n) is 5.35. The van der Waals surface area contributed by atoms with Crippen LogP contribution in [0.3, 0.4) is 0 Å². The van der Waals surface area contributed by atoms with Crippen molar-refractivity contribution in [1.82, 2.24) is 24.4 Å². The number of rotatable bonds is 3. The van der Waals surface area contributed by atoms with Gasteiger partial charge in [0.2, 0.25) is 0 Å². The van der Waals surface area contributed by atoms with Crippen molar-refractivity contribution in [3.05, 3.63) is 24.3 Å². The molecule has 3 aromatic heterocycles. The molecule has 3 aromatic rings. The molecule has 1 aliphatic carbocycles. The quantitative estimate of drug-likeness (QED) is 0.709. The van der Waals surface area contributed by atoms with Crippen LogP contribution >= 0.6 is 0 Å². The zero-order valence-electron chi connectivity index (χ0n) is 16.9. The van der Waals surface area contributed by atoms with Crippen molar-refractivity contribution in [1.29, 1.82) is 5.26 Å². The number of aliphatic hydroxyl groups excluding tert-OH is 1. The molecule has 4 heterocycles. The number of piperidine rings is 1. The Labute approximate surface area is 170 Å². The number of nitrogens with zero attached hydrogens (tertiary/aromatic N) is 5. The van der Waals surface area contributed by atoms with E-state index < -0.39 is 6.10 Å². The summed E-state index contributed by atoms with van der Waals surface area (Å²) < 4.78 is 2.29. The first-order valence-electron chi connectivity index (χ1n) is 10.8. The normalized spacial score (nSPS) is 25.4. The van der Waals surface area contributed by atoms with E-state index in [1.807, 2.05) is 12.4 Å². The monoisotopic (exact) mass is 392 g/mol. The summed E-state index contributed by atoms with van der Waals surface area (Å²) in [6.07, 6.45) is 9.61. The molecular weight excluding hydrogens is 364 g/mol. The van der Waals surface area contributed by atoms with Crippen molar-refractivity contribution in [3.63, 3.8) is 0 Å². The maximum Gasteiger partial charge on any atom is 0.139 e. The molecule has 0 radical (unpaired) electrons. The van der Waals surface area contributed by atoms with Gasteiger partial charge in [-0.2, -0.15) is 5.26 Å². The number of hydrogen-bond donors (Lipinski definition) is 2. The van der Waals surface area contributed by atoms with Crippen LogP contribution in [0.25, 0.3) is 22.1 Å². The van der Waals surface area contributed by atoms with Gasteiger partial charge in [0.05, 0.1) is 17.8 Å². The van der Waals surface area contributed by atoms with Gasteiger partial charge in [0, 0.05) is 29.6 Å². The molecule has 1 saturated heterocycles. The van der Waals surface area contributed by atoms with E-state index in [-0.39, 0.29) is 5.92 Å². The predicted octanol–water partition coefficient (Wildman–Crippen LogP) is 3.69. The fraction of sp³-hybridized carbons (Fsp3) is 0.591. The highest BCUT2D eigenvalue weighted by Gasteiger charge is 2.32. The Hall–Kier alpha value is -2.43. The van der Waals surface area contributed by atoms with Crippen LogP contribution in [0.15, 0.2) is 18.5 Å². The molecule has 29 heavy (non-hydrogen) atoms. The Morgan fingerprint density at radius 3 is 2.59 bits per heavy atom. The number of likely N-dealkylation sites (tertiary alicyclic amines) is 1. The third kappa shape index (κ3) is 3.21. The van der Waals surface area contributed by atoms with Gasteiger partial charge in [0.15, 0.2) is 0 Å². The van der Waals surface area contributed by atoms with Crippen LogP contribution < -0.4 is 0 Å². The highest BCUT2D eigenvalue weighted by molar-refractivity contribution is 6.01. The Balaban J connectivity index is 1.41. The molecular formula is C22H28N6O. The average molecular weight is 393 g/mol. The molecule has 1 aliphatic heterocycles. The van der Waals surface area contributed by atoms with E-state index in [9.17, 15) is 5.11 Å².